The van der Waals surface area contributed by atoms with Crippen LogP contribution in [0.1, 0.15) is 17.5 Å². The van der Waals surface area contributed by atoms with Gasteiger partial charge in [-0.25, -0.2) is 0 Å². The molecular weight excluding hydrogens is 282 g/mol. The Balaban J connectivity index is 1.94. The summed E-state index contributed by atoms with van der Waals surface area (Å²) in [5.41, 5.74) is 3.50. The second kappa shape index (κ2) is 8.54. The van der Waals surface area contributed by atoms with Crippen LogP contribution in [0.3, 0.4) is 0 Å². The highest BCUT2D eigenvalue weighted by atomic mass is 16.1. The van der Waals surface area contributed by atoms with Gasteiger partial charge in [-0.05, 0) is 30.0 Å². The minimum atomic E-state index is -0.153. The van der Waals surface area contributed by atoms with E-state index in [0.717, 1.165) is 23.2 Å². The summed E-state index contributed by atoms with van der Waals surface area (Å²) in [6.07, 6.45) is 7.00. The van der Waals surface area contributed by atoms with Crippen LogP contribution >= 0.6 is 0 Å². The van der Waals surface area contributed by atoms with E-state index >= 15 is 0 Å². The van der Waals surface area contributed by atoms with Crippen molar-refractivity contribution in [3.63, 3.8) is 0 Å². The van der Waals surface area contributed by atoms with Crippen LogP contribution in [0.15, 0.2) is 85.5 Å². The fourth-order valence-corrected chi connectivity index (χ4v) is 2.18. The van der Waals surface area contributed by atoms with Crippen molar-refractivity contribution in [2.75, 3.05) is 5.32 Å². The molecule has 0 fully saturated rings. The zero-order valence-corrected chi connectivity index (χ0v) is 13.2. The van der Waals surface area contributed by atoms with Gasteiger partial charge in [0.2, 0.25) is 0 Å². The first kappa shape index (κ1) is 16.5. The van der Waals surface area contributed by atoms with Gasteiger partial charge in [0.15, 0.2) is 0 Å². The average Bonchev–Trinajstić information content (AvgIpc) is 2.57. The summed E-state index contributed by atoms with van der Waals surface area (Å²) < 4.78 is 0. The van der Waals surface area contributed by atoms with E-state index in [9.17, 15) is 4.79 Å². The van der Waals surface area contributed by atoms with E-state index in [2.05, 4.69) is 18.5 Å². The summed E-state index contributed by atoms with van der Waals surface area (Å²) in [5.74, 6) is -0.153. The number of rotatable bonds is 7. The van der Waals surface area contributed by atoms with Gasteiger partial charge in [-0.1, -0.05) is 73.3 Å². The number of hydrogen-bond donors (Lipinski definition) is 1. The highest BCUT2D eigenvalue weighted by molar-refractivity contribution is 6.03. The Morgan fingerprint density at radius 3 is 2.48 bits per heavy atom. The molecule has 116 valence electrons. The molecule has 2 heteroatoms. The molecule has 0 aliphatic heterocycles. The first-order valence-corrected chi connectivity index (χ1v) is 7.60. The number of anilines is 1. The normalized spacial score (nSPS) is 10.4. The van der Waals surface area contributed by atoms with Gasteiger partial charge in [0.25, 0.3) is 5.91 Å². The van der Waals surface area contributed by atoms with Gasteiger partial charge in [-0.15, -0.1) is 6.58 Å². The Morgan fingerprint density at radius 2 is 1.74 bits per heavy atom. The molecule has 2 rings (SSSR count). The summed E-state index contributed by atoms with van der Waals surface area (Å²) >= 11 is 0. The molecule has 0 aliphatic rings. The number of para-hydroxylation sites is 1. The standard InChI is InChI=1S/C21H21NO/c1-3-10-19-15-7-8-16-20(19)22-21(23)17(2)11-9-14-18-12-5-4-6-13-18/h3-9,12-16H,1-2,10-11H2,(H,22,23)/b14-9+. The Morgan fingerprint density at radius 1 is 1.04 bits per heavy atom. The molecule has 0 saturated heterocycles. The maximum atomic E-state index is 12.2. The lowest BCUT2D eigenvalue weighted by molar-refractivity contribution is -0.112. The van der Waals surface area contributed by atoms with Crippen molar-refractivity contribution in [1.29, 1.82) is 0 Å². The monoisotopic (exact) mass is 303 g/mol. The van der Waals surface area contributed by atoms with Gasteiger partial charge in [0.05, 0.1) is 0 Å². The molecule has 0 spiro atoms. The molecule has 1 N–H and O–H groups in total. The predicted molar refractivity (Wildman–Crippen MR) is 98.2 cm³/mol. The van der Waals surface area contributed by atoms with E-state index in [1.165, 1.54) is 0 Å². The molecule has 2 nitrogen and oxygen atoms in total. The van der Waals surface area contributed by atoms with Crippen LogP contribution in [-0.2, 0) is 11.2 Å². The van der Waals surface area contributed by atoms with Crippen LogP contribution in [0, 0.1) is 0 Å². The molecule has 0 aromatic heterocycles. The highest BCUT2D eigenvalue weighted by Crippen LogP contribution is 2.17. The van der Waals surface area contributed by atoms with Crippen LogP contribution in [0.5, 0.6) is 0 Å². The van der Waals surface area contributed by atoms with Crippen LogP contribution in [-0.4, -0.2) is 5.91 Å². The summed E-state index contributed by atoms with van der Waals surface area (Å²) in [6.45, 7) is 7.62. The number of amides is 1. The quantitative estimate of drug-likeness (QED) is 0.565. The number of carbonyl (C=O) groups is 1. The minimum Gasteiger partial charge on any atom is -0.322 e. The van der Waals surface area contributed by atoms with Crippen LogP contribution in [0.4, 0.5) is 5.69 Å². The van der Waals surface area contributed by atoms with Crippen molar-refractivity contribution >= 4 is 17.7 Å². The molecule has 2 aromatic carbocycles. The number of benzene rings is 2. The lowest BCUT2D eigenvalue weighted by Crippen LogP contribution is -2.14. The molecule has 23 heavy (non-hydrogen) atoms. The highest BCUT2D eigenvalue weighted by Gasteiger charge is 2.08. The lowest BCUT2D eigenvalue weighted by Gasteiger charge is -2.10. The number of allylic oxidation sites excluding steroid dienone is 2. The molecule has 0 atom stereocenters. The second-order valence-electron chi connectivity index (χ2n) is 5.22. The van der Waals surface area contributed by atoms with E-state index in [-0.39, 0.29) is 5.91 Å². The maximum Gasteiger partial charge on any atom is 0.251 e. The van der Waals surface area contributed by atoms with Crippen LogP contribution in [0.2, 0.25) is 0 Å². The molecule has 1 amide bonds. The predicted octanol–water partition coefficient (Wildman–Crippen LogP) is 5.01. The SMILES string of the molecule is C=CCc1ccccc1NC(=O)C(=C)C/C=C/c1ccccc1. The molecule has 0 saturated carbocycles. The third-order valence-corrected chi connectivity index (χ3v) is 3.43. The Kier molecular flexibility index (Phi) is 6.13. The number of nitrogens with one attached hydrogen (secondary N) is 1. The van der Waals surface area contributed by atoms with E-state index in [1.807, 2.05) is 72.8 Å². The van der Waals surface area contributed by atoms with E-state index in [4.69, 9.17) is 0 Å². The molecule has 0 heterocycles. The summed E-state index contributed by atoms with van der Waals surface area (Å²) in [6, 6.07) is 17.7. The number of carbonyl (C=O) groups excluding carboxylic acids is 1. The number of hydrogen-bond acceptors (Lipinski definition) is 1. The van der Waals surface area contributed by atoms with Crippen LogP contribution in [0.25, 0.3) is 6.08 Å². The topological polar surface area (TPSA) is 29.1 Å². The van der Waals surface area contributed by atoms with Crippen molar-refractivity contribution in [2.45, 2.75) is 12.8 Å². The maximum absolute atomic E-state index is 12.2. The third-order valence-electron chi connectivity index (χ3n) is 3.43. The fourth-order valence-electron chi connectivity index (χ4n) is 2.18. The van der Waals surface area contributed by atoms with E-state index in [1.54, 1.807) is 0 Å². The van der Waals surface area contributed by atoms with E-state index < -0.39 is 0 Å². The van der Waals surface area contributed by atoms with E-state index in [0.29, 0.717) is 12.0 Å². The van der Waals surface area contributed by atoms with Crippen LogP contribution < -0.4 is 5.32 Å². The van der Waals surface area contributed by atoms with Crippen molar-refractivity contribution in [2.24, 2.45) is 0 Å². The van der Waals surface area contributed by atoms with Gasteiger partial charge < -0.3 is 5.32 Å². The largest absolute Gasteiger partial charge is 0.322 e. The Labute approximate surface area is 137 Å². The first-order chi connectivity index (χ1) is 11.2. The van der Waals surface area contributed by atoms with Crippen molar-refractivity contribution in [3.8, 4) is 0 Å². The average molecular weight is 303 g/mol. The second-order valence-corrected chi connectivity index (χ2v) is 5.22. The molecule has 0 unspecified atom stereocenters. The smallest absolute Gasteiger partial charge is 0.251 e. The first-order valence-electron chi connectivity index (χ1n) is 7.60. The Bertz CT molecular complexity index is 714. The minimum absolute atomic E-state index is 0.153. The molecule has 2 aromatic rings. The zero-order valence-electron chi connectivity index (χ0n) is 13.2. The van der Waals surface area contributed by atoms with Gasteiger partial charge in [0.1, 0.15) is 0 Å². The molecular formula is C21H21NO. The van der Waals surface area contributed by atoms with Crippen molar-refractivity contribution < 1.29 is 4.79 Å². The fraction of sp³-hybridized carbons (Fsp3) is 0.0952. The summed E-state index contributed by atoms with van der Waals surface area (Å²) in [4.78, 5) is 12.2. The van der Waals surface area contributed by atoms with Crippen molar-refractivity contribution in [3.05, 3.63) is 96.6 Å². The van der Waals surface area contributed by atoms with Gasteiger partial charge in [-0.2, -0.15) is 0 Å². The molecule has 0 aliphatic carbocycles. The lowest BCUT2D eigenvalue weighted by atomic mass is 10.1. The summed E-state index contributed by atoms with van der Waals surface area (Å²) in [7, 11) is 0. The van der Waals surface area contributed by atoms with Gasteiger partial charge in [0, 0.05) is 11.3 Å². The summed E-state index contributed by atoms with van der Waals surface area (Å²) in [5, 5.41) is 2.92. The third kappa shape index (κ3) is 5.11. The molecule has 0 bridgehead atoms. The molecule has 0 radical (unpaired) electrons. The zero-order chi connectivity index (χ0) is 16.5. The Hall–Kier alpha value is -2.87. The van der Waals surface area contributed by atoms with Gasteiger partial charge >= 0.3 is 0 Å². The van der Waals surface area contributed by atoms with Crippen molar-refractivity contribution in [1.82, 2.24) is 0 Å². The van der Waals surface area contributed by atoms with Gasteiger partial charge in [-0.3, -0.25) is 4.79 Å².